The van der Waals surface area contributed by atoms with Crippen molar-refractivity contribution in [2.24, 2.45) is 0 Å². The van der Waals surface area contributed by atoms with Crippen LogP contribution in [0.1, 0.15) is 5.56 Å². The van der Waals surface area contributed by atoms with Crippen LogP contribution in [0, 0.1) is 6.92 Å². The van der Waals surface area contributed by atoms with E-state index in [1.807, 2.05) is 73.7 Å². The summed E-state index contributed by atoms with van der Waals surface area (Å²) in [6.45, 7) is 1.97. The largest absolute Gasteiger partial charge is 0.497 e. The van der Waals surface area contributed by atoms with E-state index < -0.39 is 0 Å². The van der Waals surface area contributed by atoms with Crippen LogP contribution in [0.15, 0.2) is 71.8 Å². The molecule has 4 aromatic rings. The van der Waals surface area contributed by atoms with Gasteiger partial charge in [0.25, 0.3) is 0 Å². The molecule has 0 unspecified atom stereocenters. The van der Waals surface area contributed by atoms with E-state index >= 15 is 0 Å². The zero-order valence-corrected chi connectivity index (χ0v) is 18.9. The SMILES string of the molecule is COc1ccc2nc(-c3ccccc3)nc(SCC(=O)Nc3cc(C)ccc3OC)c2c1. The number of carbonyl (C=O) groups excluding carboxylic acids is 1. The molecule has 0 aliphatic heterocycles. The number of ether oxygens (including phenoxy) is 2. The normalized spacial score (nSPS) is 10.7. The van der Waals surface area contributed by atoms with Crippen molar-refractivity contribution in [2.45, 2.75) is 11.9 Å². The van der Waals surface area contributed by atoms with E-state index in [4.69, 9.17) is 19.4 Å². The Labute approximate surface area is 191 Å². The molecular weight excluding hydrogens is 422 g/mol. The molecule has 7 heteroatoms. The van der Waals surface area contributed by atoms with Gasteiger partial charge in [-0.3, -0.25) is 4.79 Å². The van der Waals surface area contributed by atoms with Gasteiger partial charge in [-0.15, -0.1) is 0 Å². The fourth-order valence-electron chi connectivity index (χ4n) is 3.27. The highest BCUT2D eigenvalue weighted by Crippen LogP contribution is 2.31. The first-order valence-electron chi connectivity index (χ1n) is 10.1. The van der Waals surface area contributed by atoms with Crippen LogP contribution < -0.4 is 14.8 Å². The molecular formula is C25H23N3O3S. The Morgan fingerprint density at radius 1 is 0.969 bits per heavy atom. The predicted molar refractivity (Wildman–Crippen MR) is 129 cm³/mol. The van der Waals surface area contributed by atoms with E-state index in [9.17, 15) is 4.79 Å². The molecule has 0 saturated carbocycles. The van der Waals surface area contributed by atoms with Gasteiger partial charge in [0, 0.05) is 10.9 Å². The van der Waals surface area contributed by atoms with Gasteiger partial charge in [0.2, 0.25) is 5.91 Å². The lowest BCUT2D eigenvalue weighted by Crippen LogP contribution is -2.15. The molecule has 0 saturated heterocycles. The van der Waals surface area contributed by atoms with Crippen LogP contribution in [-0.4, -0.2) is 35.8 Å². The van der Waals surface area contributed by atoms with E-state index in [1.54, 1.807) is 14.2 Å². The second-order valence-electron chi connectivity index (χ2n) is 7.14. The second kappa shape index (κ2) is 9.70. The maximum atomic E-state index is 12.7. The first-order chi connectivity index (χ1) is 15.6. The summed E-state index contributed by atoms with van der Waals surface area (Å²) >= 11 is 1.36. The zero-order chi connectivity index (χ0) is 22.5. The van der Waals surface area contributed by atoms with Crippen molar-refractivity contribution < 1.29 is 14.3 Å². The molecule has 0 atom stereocenters. The molecule has 162 valence electrons. The lowest BCUT2D eigenvalue weighted by Gasteiger charge is -2.12. The Balaban J connectivity index is 1.62. The third-order valence-corrected chi connectivity index (χ3v) is 5.86. The topological polar surface area (TPSA) is 73.3 Å². The molecule has 4 rings (SSSR count). The molecule has 1 amide bonds. The molecule has 0 spiro atoms. The number of aromatic nitrogens is 2. The second-order valence-corrected chi connectivity index (χ2v) is 8.11. The molecule has 0 aliphatic rings. The van der Waals surface area contributed by atoms with Crippen molar-refractivity contribution in [1.82, 2.24) is 9.97 Å². The van der Waals surface area contributed by atoms with E-state index in [0.29, 0.717) is 23.0 Å². The summed E-state index contributed by atoms with van der Waals surface area (Å²) in [5, 5.41) is 4.50. The fraction of sp³-hybridized carbons (Fsp3) is 0.160. The molecule has 0 aliphatic carbocycles. The zero-order valence-electron chi connectivity index (χ0n) is 18.1. The predicted octanol–water partition coefficient (Wildman–Crippen LogP) is 5.35. The van der Waals surface area contributed by atoms with Crippen molar-refractivity contribution >= 4 is 34.3 Å². The highest BCUT2D eigenvalue weighted by atomic mass is 32.2. The van der Waals surface area contributed by atoms with Crippen LogP contribution in [0.5, 0.6) is 11.5 Å². The molecule has 0 fully saturated rings. The summed E-state index contributed by atoms with van der Waals surface area (Å²) < 4.78 is 10.7. The average Bonchev–Trinajstić information content (AvgIpc) is 2.82. The number of aryl methyl sites for hydroxylation is 1. The van der Waals surface area contributed by atoms with E-state index in [0.717, 1.165) is 27.1 Å². The minimum atomic E-state index is -0.144. The standard InChI is InChI=1S/C25H23N3O3S/c1-16-9-12-22(31-3)21(13-16)26-23(29)15-32-25-19-14-18(30-2)10-11-20(19)27-24(28-25)17-7-5-4-6-8-17/h4-14H,15H2,1-3H3,(H,26,29). The molecule has 6 nitrogen and oxygen atoms in total. The van der Waals surface area contributed by atoms with E-state index in [1.165, 1.54) is 11.8 Å². The third-order valence-electron chi connectivity index (χ3n) is 4.87. The van der Waals surface area contributed by atoms with Gasteiger partial charge in [-0.05, 0) is 42.8 Å². The van der Waals surface area contributed by atoms with Crippen molar-refractivity contribution in [2.75, 3.05) is 25.3 Å². The summed E-state index contributed by atoms with van der Waals surface area (Å²) in [6.07, 6.45) is 0. The number of fused-ring (bicyclic) bond motifs is 1. The first kappa shape index (κ1) is 21.6. The summed E-state index contributed by atoms with van der Waals surface area (Å²) in [5.41, 5.74) is 3.40. The number of nitrogens with one attached hydrogen (secondary N) is 1. The van der Waals surface area contributed by atoms with Gasteiger partial charge in [-0.2, -0.15) is 0 Å². The maximum Gasteiger partial charge on any atom is 0.234 e. The number of hydrogen-bond acceptors (Lipinski definition) is 6. The quantitative estimate of drug-likeness (QED) is 0.305. The summed E-state index contributed by atoms with van der Waals surface area (Å²) in [5.74, 6) is 2.00. The van der Waals surface area contributed by atoms with Crippen LogP contribution in [0.3, 0.4) is 0 Å². The third kappa shape index (κ3) is 4.84. The smallest absolute Gasteiger partial charge is 0.234 e. The number of carbonyl (C=O) groups is 1. The summed E-state index contributed by atoms with van der Waals surface area (Å²) in [6, 6.07) is 21.1. The number of anilines is 1. The van der Waals surface area contributed by atoms with Crippen LogP contribution >= 0.6 is 11.8 Å². The maximum absolute atomic E-state index is 12.7. The first-order valence-corrected chi connectivity index (χ1v) is 11.0. The Hall–Kier alpha value is -3.58. The molecule has 1 aromatic heterocycles. The van der Waals surface area contributed by atoms with Gasteiger partial charge < -0.3 is 14.8 Å². The molecule has 0 radical (unpaired) electrons. The number of benzene rings is 3. The van der Waals surface area contributed by atoms with Crippen LogP contribution in [0.25, 0.3) is 22.3 Å². The van der Waals surface area contributed by atoms with Crippen molar-refractivity contribution in [3.8, 4) is 22.9 Å². The number of hydrogen-bond donors (Lipinski definition) is 1. The molecule has 32 heavy (non-hydrogen) atoms. The van der Waals surface area contributed by atoms with Gasteiger partial charge in [-0.1, -0.05) is 48.2 Å². The molecule has 1 N–H and O–H groups in total. The Kier molecular flexibility index (Phi) is 6.56. The Morgan fingerprint density at radius 3 is 2.53 bits per heavy atom. The lowest BCUT2D eigenvalue weighted by molar-refractivity contribution is -0.113. The molecule has 0 bridgehead atoms. The number of amides is 1. The van der Waals surface area contributed by atoms with Gasteiger partial charge in [0.1, 0.15) is 16.5 Å². The Morgan fingerprint density at radius 2 is 1.78 bits per heavy atom. The number of nitrogens with zero attached hydrogens (tertiary/aromatic N) is 2. The minimum Gasteiger partial charge on any atom is -0.497 e. The van der Waals surface area contributed by atoms with Crippen LogP contribution in [0.4, 0.5) is 5.69 Å². The number of thioether (sulfide) groups is 1. The molecule has 3 aromatic carbocycles. The monoisotopic (exact) mass is 445 g/mol. The van der Waals surface area contributed by atoms with Crippen molar-refractivity contribution in [1.29, 1.82) is 0 Å². The molecule has 1 heterocycles. The summed E-state index contributed by atoms with van der Waals surface area (Å²) in [4.78, 5) is 22.2. The minimum absolute atomic E-state index is 0.144. The highest BCUT2D eigenvalue weighted by molar-refractivity contribution is 8.00. The van der Waals surface area contributed by atoms with Crippen LogP contribution in [0.2, 0.25) is 0 Å². The fourth-order valence-corrected chi connectivity index (χ4v) is 4.08. The van der Waals surface area contributed by atoms with Gasteiger partial charge in [0.15, 0.2) is 5.82 Å². The van der Waals surface area contributed by atoms with Crippen LogP contribution in [-0.2, 0) is 4.79 Å². The summed E-state index contributed by atoms with van der Waals surface area (Å²) in [7, 11) is 3.20. The van der Waals surface area contributed by atoms with Gasteiger partial charge >= 0.3 is 0 Å². The van der Waals surface area contributed by atoms with E-state index in [2.05, 4.69) is 5.32 Å². The lowest BCUT2D eigenvalue weighted by atomic mass is 10.2. The Bertz CT molecular complexity index is 1260. The van der Waals surface area contributed by atoms with Crippen molar-refractivity contribution in [3.63, 3.8) is 0 Å². The van der Waals surface area contributed by atoms with Gasteiger partial charge in [-0.25, -0.2) is 9.97 Å². The van der Waals surface area contributed by atoms with Gasteiger partial charge in [0.05, 0.1) is 31.2 Å². The highest BCUT2D eigenvalue weighted by Gasteiger charge is 2.14. The number of methoxy groups -OCH3 is 2. The van der Waals surface area contributed by atoms with E-state index in [-0.39, 0.29) is 11.7 Å². The average molecular weight is 446 g/mol. The van der Waals surface area contributed by atoms with Crippen molar-refractivity contribution in [3.05, 3.63) is 72.3 Å². The number of rotatable bonds is 7.